The minimum Gasteiger partial charge on any atom is -0.338 e. The molecule has 0 aliphatic heterocycles. The summed E-state index contributed by atoms with van der Waals surface area (Å²) in [6, 6.07) is 12.9. The van der Waals surface area contributed by atoms with E-state index in [4.69, 9.17) is 0 Å². The summed E-state index contributed by atoms with van der Waals surface area (Å²) in [5, 5.41) is 15.3. The Morgan fingerprint density at radius 1 is 1.11 bits per heavy atom. The highest BCUT2D eigenvalue weighted by molar-refractivity contribution is 9.10. The number of anilines is 2. The van der Waals surface area contributed by atoms with E-state index >= 15 is 0 Å². The fourth-order valence-corrected chi connectivity index (χ4v) is 4.42. The van der Waals surface area contributed by atoms with Crippen molar-refractivity contribution >= 4 is 54.7 Å². The number of aryl methyl sites for hydroxylation is 2. The molecule has 0 fully saturated rings. The molecule has 4 aromatic rings. The highest BCUT2D eigenvalue weighted by atomic mass is 79.9. The van der Waals surface area contributed by atoms with Gasteiger partial charge in [0.05, 0.1) is 16.0 Å². The number of fused-ring (bicyclic) bond motifs is 1. The number of benzene rings is 2. The Bertz CT molecular complexity index is 1210. The van der Waals surface area contributed by atoms with Crippen LogP contribution in [0.2, 0.25) is 0 Å². The second-order valence-electron chi connectivity index (χ2n) is 6.35. The summed E-state index contributed by atoms with van der Waals surface area (Å²) < 4.78 is 0.716. The maximum Gasteiger partial charge on any atom is 0.271 e. The van der Waals surface area contributed by atoms with E-state index in [0.717, 1.165) is 26.2 Å². The van der Waals surface area contributed by atoms with Crippen molar-refractivity contribution in [3.63, 3.8) is 0 Å². The lowest BCUT2D eigenvalue weighted by molar-refractivity contribution is -0.384. The monoisotopic (exact) mass is 454 g/mol. The van der Waals surface area contributed by atoms with E-state index in [0.29, 0.717) is 16.0 Å². The number of non-ortho nitro benzene ring substituents is 1. The maximum atomic E-state index is 11.1. The van der Waals surface area contributed by atoms with Crippen LogP contribution < -0.4 is 5.32 Å². The highest BCUT2D eigenvalue weighted by Crippen LogP contribution is 2.41. The molecule has 0 amide bonds. The number of nitrogens with zero attached hydrogens (tertiary/aromatic N) is 3. The zero-order valence-electron chi connectivity index (χ0n) is 15.1. The van der Waals surface area contributed by atoms with Crippen LogP contribution in [0.4, 0.5) is 17.2 Å². The standard InChI is InChI=1S/C20H15BrN4O2S/c1-11-3-5-13(6-4-11)17-12(2)28-20-18(17)19(22-10-23-20)24-16-9-14(25(26)27)7-8-15(16)21/h3-10H,1-2H3,(H,22,23,24). The summed E-state index contributed by atoms with van der Waals surface area (Å²) in [6.07, 6.45) is 1.50. The van der Waals surface area contributed by atoms with Crippen LogP contribution in [0.5, 0.6) is 0 Å². The van der Waals surface area contributed by atoms with Gasteiger partial charge in [0.1, 0.15) is 17.0 Å². The SMILES string of the molecule is Cc1ccc(-c2c(C)sc3ncnc(Nc4cc([N+](=O)[O-])ccc4Br)c23)cc1. The fraction of sp³-hybridized carbons (Fsp3) is 0.100. The average molecular weight is 455 g/mol. The second-order valence-corrected chi connectivity index (χ2v) is 8.41. The van der Waals surface area contributed by atoms with Crippen molar-refractivity contribution in [2.45, 2.75) is 13.8 Å². The molecular formula is C20H15BrN4O2S. The van der Waals surface area contributed by atoms with Crippen LogP contribution in [0.15, 0.2) is 53.3 Å². The zero-order chi connectivity index (χ0) is 19.8. The maximum absolute atomic E-state index is 11.1. The summed E-state index contributed by atoms with van der Waals surface area (Å²) in [4.78, 5) is 21.6. The van der Waals surface area contributed by atoms with E-state index in [1.807, 2.05) is 0 Å². The van der Waals surface area contributed by atoms with E-state index in [9.17, 15) is 10.1 Å². The molecular weight excluding hydrogens is 440 g/mol. The molecule has 0 spiro atoms. The number of aromatic nitrogens is 2. The summed E-state index contributed by atoms with van der Waals surface area (Å²) >= 11 is 5.06. The number of hydrogen-bond acceptors (Lipinski definition) is 6. The van der Waals surface area contributed by atoms with Crippen LogP contribution in [-0.2, 0) is 0 Å². The molecule has 1 N–H and O–H groups in total. The molecule has 0 saturated carbocycles. The Kier molecular flexibility index (Phi) is 4.82. The molecule has 2 aromatic carbocycles. The van der Waals surface area contributed by atoms with E-state index in [1.165, 1.54) is 24.0 Å². The van der Waals surface area contributed by atoms with E-state index in [2.05, 4.69) is 69.3 Å². The van der Waals surface area contributed by atoms with Crippen LogP contribution in [0, 0.1) is 24.0 Å². The number of hydrogen-bond donors (Lipinski definition) is 1. The van der Waals surface area contributed by atoms with Gasteiger partial charge in [0.2, 0.25) is 0 Å². The van der Waals surface area contributed by atoms with Crippen molar-refractivity contribution in [2.75, 3.05) is 5.32 Å². The molecule has 0 bridgehead atoms. The first-order valence-corrected chi connectivity index (χ1v) is 10.1. The van der Waals surface area contributed by atoms with Gasteiger partial charge < -0.3 is 5.32 Å². The topological polar surface area (TPSA) is 81.0 Å². The van der Waals surface area contributed by atoms with Gasteiger partial charge in [-0.25, -0.2) is 9.97 Å². The average Bonchev–Trinajstić information content (AvgIpc) is 3.01. The molecule has 0 atom stereocenters. The Morgan fingerprint density at radius 2 is 1.86 bits per heavy atom. The Labute approximate surface area is 173 Å². The summed E-state index contributed by atoms with van der Waals surface area (Å²) in [6.45, 7) is 4.12. The molecule has 28 heavy (non-hydrogen) atoms. The Hall–Kier alpha value is -2.84. The Balaban J connectivity index is 1.88. The van der Waals surface area contributed by atoms with Crippen molar-refractivity contribution in [3.8, 4) is 11.1 Å². The zero-order valence-corrected chi connectivity index (χ0v) is 17.5. The molecule has 0 aliphatic carbocycles. The van der Waals surface area contributed by atoms with Crippen LogP contribution in [0.25, 0.3) is 21.3 Å². The molecule has 8 heteroatoms. The molecule has 2 heterocycles. The van der Waals surface area contributed by atoms with Crippen LogP contribution in [0.1, 0.15) is 10.4 Å². The first-order chi connectivity index (χ1) is 13.4. The van der Waals surface area contributed by atoms with Crippen LogP contribution in [0.3, 0.4) is 0 Å². The van der Waals surface area contributed by atoms with Gasteiger partial charge in [-0.2, -0.15) is 0 Å². The third kappa shape index (κ3) is 3.36. The number of nitrogens with one attached hydrogen (secondary N) is 1. The molecule has 2 aromatic heterocycles. The molecule has 4 rings (SSSR count). The van der Waals surface area contributed by atoms with Crippen molar-refractivity contribution in [2.24, 2.45) is 0 Å². The van der Waals surface area contributed by atoms with Crippen LogP contribution in [-0.4, -0.2) is 14.9 Å². The fourth-order valence-electron chi connectivity index (χ4n) is 3.06. The highest BCUT2D eigenvalue weighted by Gasteiger charge is 2.18. The minimum absolute atomic E-state index is 0.0104. The van der Waals surface area contributed by atoms with Gasteiger partial charge in [-0.3, -0.25) is 10.1 Å². The minimum atomic E-state index is -0.417. The summed E-state index contributed by atoms with van der Waals surface area (Å²) in [7, 11) is 0. The van der Waals surface area contributed by atoms with Crippen molar-refractivity contribution in [1.29, 1.82) is 0 Å². The van der Waals surface area contributed by atoms with E-state index < -0.39 is 4.92 Å². The van der Waals surface area contributed by atoms with Crippen LogP contribution >= 0.6 is 27.3 Å². The lowest BCUT2D eigenvalue weighted by Crippen LogP contribution is -1.98. The van der Waals surface area contributed by atoms with Gasteiger partial charge in [-0.1, -0.05) is 29.8 Å². The van der Waals surface area contributed by atoms with Gasteiger partial charge in [0, 0.05) is 27.0 Å². The lowest BCUT2D eigenvalue weighted by atomic mass is 10.0. The smallest absolute Gasteiger partial charge is 0.271 e. The quantitative estimate of drug-likeness (QED) is 0.285. The molecule has 6 nitrogen and oxygen atoms in total. The third-order valence-electron chi connectivity index (χ3n) is 4.42. The summed E-state index contributed by atoms with van der Waals surface area (Å²) in [5.41, 5.74) is 3.94. The molecule has 0 aliphatic rings. The number of nitro groups is 1. The van der Waals surface area contributed by atoms with Gasteiger partial charge in [-0.15, -0.1) is 11.3 Å². The third-order valence-corrected chi connectivity index (χ3v) is 6.12. The van der Waals surface area contributed by atoms with Gasteiger partial charge in [-0.05, 0) is 41.4 Å². The molecule has 0 saturated heterocycles. The largest absolute Gasteiger partial charge is 0.338 e. The predicted octanol–water partition coefficient (Wildman–Crippen LogP) is 6.39. The molecule has 0 unspecified atom stereocenters. The van der Waals surface area contributed by atoms with Gasteiger partial charge in [0.15, 0.2) is 0 Å². The first kappa shape index (κ1) is 18.5. The van der Waals surface area contributed by atoms with Crippen molar-refractivity contribution in [1.82, 2.24) is 9.97 Å². The van der Waals surface area contributed by atoms with Gasteiger partial charge in [0.25, 0.3) is 5.69 Å². The van der Waals surface area contributed by atoms with E-state index in [-0.39, 0.29) is 5.69 Å². The van der Waals surface area contributed by atoms with Crippen molar-refractivity contribution in [3.05, 3.63) is 73.8 Å². The molecule has 140 valence electrons. The number of thiophene rings is 1. The summed E-state index contributed by atoms with van der Waals surface area (Å²) in [5.74, 6) is 0.617. The number of nitro benzene ring substituents is 1. The normalized spacial score (nSPS) is 11.0. The molecule has 0 radical (unpaired) electrons. The van der Waals surface area contributed by atoms with E-state index in [1.54, 1.807) is 17.4 Å². The first-order valence-electron chi connectivity index (χ1n) is 8.46. The second kappa shape index (κ2) is 7.29. The predicted molar refractivity (Wildman–Crippen MR) is 116 cm³/mol. The number of rotatable bonds is 4. The van der Waals surface area contributed by atoms with Crippen molar-refractivity contribution < 1.29 is 4.92 Å². The lowest BCUT2D eigenvalue weighted by Gasteiger charge is -2.10. The number of halogens is 1. The Morgan fingerprint density at radius 3 is 2.57 bits per heavy atom. The van der Waals surface area contributed by atoms with Gasteiger partial charge >= 0.3 is 0 Å².